The molecule has 2 heterocycles. The first-order valence-corrected chi connectivity index (χ1v) is 6.66. The van der Waals surface area contributed by atoms with E-state index in [0.29, 0.717) is 28.1 Å². The normalized spacial score (nSPS) is 11.2. The van der Waals surface area contributed by atoms with Crippen LogP contribution in [0.2, 0.25) is 0 Å². The summed E-state index contributed by atoms with van der Waals surface area (Å²) in [5, 5.41) is 9.67. The predicted molar refractivity (Wildman–Crippen MR) is 83.5 cm³/mol. The van der Waals surface area contributed by atoms with E-state index in [4.69, 9.17) is 14.3 Å². The molecule has 0 aliphatic carbocycles. The number of aromatic carboxylic acids is 1. The van der Waals surface area contributed by atoms with Crippen molar-refractivity contribution in [3.8, 4) is 5.75 Å². The maximum absolute atomic E-state index is 11.2. The number of carbonyl (C=O) groups is 1. The Bertz CT molecular complexity index is 968. The molecular formula is C16H12N2O5. The quantitative estimate of drug-likeness (QED) is 0.766. The summed E-state index contributed by atoms with van der Waals surface area (Å²) in [6, 6.07) is 6.19. The molecule has 0 aliphatic rings. The molecule has 116 valence electrons. The number of aromatic nitrogens is 2. The highest BCUT2D eigenvalue weighted by Crippen LogP contribution is 2.32. The topological polar surface area (TPSA) is 105 Å². The number of nitrogens with one attached hydrogen (secondary N) is 1. The van der Waals surface area contributed by atoms with Crippen LogP contribution in [-0.4, -0.2) is 28.2 Å². The van der Waals surface area contributed by atoms with Crippen molar-refractivity contribution in [2.45, 2.75) is 0 Å². The van der Waals surface area contributed by atoms with Crippen molar-refractivity contribution in [3.05, 3.63) is 58.0 Å². The molecule has 0 spiro atoms. The highest BCUT2D eigenvalue weighted by Gasteiger charge is 2.15. The second kappa shape index (κ2) is 5.80. The van der Waals surface area contributed by atoms with Crippen molar-refractivity contribution in [2.24, 2.45) is 0 Å². The molecule has 3 aromatic rings. The summed E-state index contributed by atoms with van der Waals surface area (Å²) < 4.78 is 10.5. The van der Waals surface area contributed by atoms with Gasteiger partial charge in [0.25, 0.3) is 5.56 Å². The fourth-order valence-electron chi connectivity index (χ4n) is 2.17. The first-order chi connectivity index (χ1) is 11.1. The van der Waals surface area contributed by atoms with Crippen molar-refractivity contribution in [1.29, 1.82) is 0 Å². The molecule has 0 aliphatic heterocycles. The largest absolute Gasteiger partial charge is 0.493 e. The lowest BCUT2D eigenvalue weighted by Crippen LogP contribution is -2.05. The Morgan fingerprint density at radius 2 is 2.17 bits per heavy atom. The van der Waals surface area contributed by atoms with Gasteiger partial charge in [0.1, 0.15) is 5.82 Å². The van der Waals surface area contributed by atoms with Crippen LogP contribution in [0.4, 0.5) is 0 Å². The van der Waals surface area contributed by atoms with Gasteiger partial charge in [0.2, 0.25) is 5.76 Å². The number of carboxylic acid groups (broad SMARTS) is 1. The van der Waals surface area contributed by atoms with Crippen LogP contribution in [0.1, 0.15) is 21.9 Å². The fraction of sp³-hybridized carbons (Fsp3) is 0.0625. The van der Waals surface area contributed by atoms with Crippen molar-refractivity contribution in [2.75, 3.05) is 7.11 Å². The second-order valence-electron chi connectivity index (χ2n) is 4.67. The molecule has 0 fully saturated rings. The van der Waals surface area contributed by atoms with Gasteiger partial charge in [0, 0.05) is 23.7 Å². The molecule has 7 nitrogen and oxygen atoms in total. The number of hydrogen-bond donors (Lipinski definition) is 2. The molecule has 7 heteroatoms. The highest BCUT2D eigenvalue weighted by molar-refractivity contribution is 5.98. The summed E-state index contributed by atoms with van der Waals surface area (Å²) >= 11 is 0. The Morgan fingerprint density at radius 3 is 2.87 bits per heavy atom. The molecule has 23 heavy (non-hydrogen) atoms. The van der Waals surface area contributed by atoms with Crippen LogP contribution >= 0.6 is 0 Å². The zero-order chi connectivity index (χ0) is 16.4. The lowest BCUT2D eigenvalue weighted by molar-refractivity contribution is 0.0665. The van der Waals surface area contributed by atoms with Gasteiger partial charge in [-0.05, 0) is 17.7 Å². The minimum absolute atomic E-state index is 0.176. The average Bonchev–Trinajstić information content (AvgIpc) is 2.98. The number of ether oxygens (including phenoxy) is 1. The number of rotatable bonds is 4. The number of furan rings is 1. The number of benzene rings is 1. The Morgan fingerprint density at radius 1 is 1.35 bits per heavy atom. The van der Waals surface area contributed by atoms with Crippen molar-refractivity contribution in [1.82, 2.24) is 9.97 Å². The van der Waals surface area contributed by atoms with Crippen LogP contribution in [-0.2, 0) is 0 Å². The summed E-state index contributed by atoms with van der Waals surface area (Å²) in [4.78, 5) is 28.9. The van der Waals surface area contributed by atoms with E-state index in [0.717, 1.165) is 0 Å². The van der Waals surface area contributed by atoms with Crippen molar-refractivity contribution in [3.63, 3.8) is 0 Å². The number of carboxylic acids is 1. The highest BCUT2D eigenvalue weighted by atomic mass is 16.5. The Hall–Kier alpha value is -3.35. The lowest BCUT2D eigenvalue weighted by atomic mass is 10.1. The third-order valence-electron chi connectivity index (χ3n) is 3.22. The molecule has 3 rings (SSSR count). The number of hydrogen-bond acceptors (Lipinski definition) is 5. The summed E-state index contributed by atoms with van der Waals surface area (Å²) in [7, 11) is 1.48. The molecule has 0 amide bonds. The van der Waals surface area contributed by atoms with E-state index in [2.05, 4.69) is 9.97 Å². The molecule has 0 saturated heterocycles. The summed E-state index contributed by atoms with van der Waals surface area (Å²) in [6.45, 7) is 0. The minimum Gasteiger partial charge on any atom is -0.493 e. The standard InChI is InChI=1S/C16H12N2O5/c1-22-11-4-2-9(3-5-13-17-7-6-14(19)18-13)10-8-12(16(20)21)23-15(10)11/h2-8H,1H3,(H,20,21)(H,17,18,19)/b5-3+. The number of nitrogens with zero attached hydrogens (tertiary/aromatic N) is 1. The Labute approximate surface area is 129 Å². The van der Waals surface area contributed by atoms with E-state index in [1.807, 2.05) is 0 Å². The molecule has 0 radical (unpaired) electrons. The molecule has 0 bridgehead atoms. The number of fused-ring (bicyclic) bond motifs is 1. The van der Waals surface area contributed by atoms with Gasteiger partial charge in [-0.2, -0.15) is 0 Å². The van der Waals surface area contributed by atoms with Gasteiger partial charge in [-0.15, -0.1) is 0 Å². The third kappa shape index (κ3) is 2.84. The van der Waals surface area contributed by atoms with Crippen LogP contribution < -0.4 is 10.3 Å². The number of H-pyrrole nitrogens is 1. The Kier molecular flexibility index (Phi) is 3.68. The summed E-state index contributed by atoms with van der Waals surface area (Å²) in [5.41, 5.74) is 0.807. The van der Waals surface area contributed by atoms with Crippen LogP contribution in [0.5, 0.6) is 5.75 Å². The molecule has 0 saturated carbocycles. The van der Waals surface area contributed by atoms with Gasteiger partial charge >= 0.3 is 5.97 Å². The maximum atomic E-state index is 11.2. The van der Waals surface area contributed by atoms with E-state index in [1.165, 1.54) is 25.4 Å². The van der Waals surface area contributed by atoms with Gasteiger partial charge in [0.05, 0.1) is 7.11 Å². The predicted octanol–water partition coefficient (Wildman–Crippen LogP) is 2.39. The van der Waals surface area contributed by atoms with Gasteiger partial charge in [0.15, 0.2) is 11.3 Å². The van der Waals surface area contributed by atoms with Crippen molar-refractivity contribution >= 4 is 29.1 Å². The maximum Gasteiger partial charge on any atom is 0.371 e. The van der Waals surface area contributed by atoms with E-state index < -0.39 is 5.97 Å². The molecule has 2 N–H and O–H groups in total. The van der Waals surface area contributed by atoms with Crippen LogP contribution in [0.3, 0.4) is 0 Å². The molecule has 2 aromatic heterocycles. The van der Waals surface area contributed by atoms with Crippen LogP contribution in [0, 0.1) is 0 Å². The fourth-order valence-corrected chi connectivity index (χ4v) is 2.17. The van der Waals surface area contributed by atoms with E-state index in [9.17, 15) is 9.59 Å². The van der Waals surface area contributed by atoms with E-state index >= 15 is 0 Å². The smallest absolute Gasteiger partial charge is 0.371 e. The monoisotopic (exact) mass is 312 g/mol. The first-order valence-electron chi connectivity index (χ1n) is 6.66. The second-order valence-corrected chi connectivity index (χ2v) is 4.67. The SMILES string of the molecule is COc1ccc(/C=C/c2nccc(=O)[nH]2)c2cc(C(=O)O)oc12. The van der Waals surface area contributed by atoms with Gasteiger partial charge in [-0.25, -0.2) is 9.78 Å². The molecule has 0 atom stereocenters. The van der Waals surface area contributed by atoms with Gasteiger partial charge in [-0.1, -0.05) is 12.1 Å². The molecule has 1 aromatic carbocycles. The van der Waals surface area contributed by atoms with Crippen molar-refractivity contribution < 1.29 is 19.1 Å². The lowest BCUT2D eigenvalue weighted by Gasteiger charge is -2.02. The number of methoxy groups -OCH3 is 1. The third-order valence-corrected chi connectivity index (χ3v) is 3.22. The zero-order valence-electron chi connectivity index (χ0n) is 12.1. The van der Waals surface area contributed by atoms with Crippen LogP contribution in [0.25, 0.3) is 23.1 Å². The van der Waals surface area contributed by atoms with Gasteiger partial charge in [-0.3, -0.25) is 4.79 Å². The number of aromatic amines is 1. The zero-order valence-corrected chi connectivity index (χ0v) is 12.1. The first kappa shape index (κ1) is 14.6. The summed E-state index contributed by atoms with van der Waals surface area (Å²) in [6.07, 6.45) is 4.74. The average molecular weight is 312 g/mol. The van der Waals surface area contributed by atoms with E-state index in [1.54, 1.807) is 24.3 Å². The van der Waals surface area contributed by atoms with Crippen LogP contribution in [0.15, 0.2) is 39.7 Å². The van der Waals surface area contributed by atoms with Gasteiger partial charge < -0.3 is 19.2 Å². The Balaban J connectivity index is 2.10. The van der Waals surface area contributed by atoms with E-state index in [-0.39, 0.29) is 11.3 Å². The minimum atomic E-state index is -1.16. The molecular weight excluding hydrogens is 300 g/mol. The molecule has 0 unspecified atom stereocenters. The summed E-state index contributed by atoms with van der Waals surface area (Å²) in [5.74, 6) is -0.503.